The average Bonchev–Trinajstić information content (AvgIpc) is 2.27. The van der Waals surface area contributed by atoms with Crippen LogP contribution in [0.2, 0.25) is 0 Å². The predicted molar refractivity (Wildman–Crippen MR) is 71.5 cm³/mol. The van der Waals surface area contributed by atoms with E-state index in [9.17, 15) is 9.18 Å². The van der Waals surface area contributed by atoms with Crippen LogP contribution in [0.1, 0.15) is 12.5 Å². The molecule has 1 saturated heterocycles. The number of rotatable bonds is 4. The van der Waals surface area contributed by atoms with Gasteiger partial charge in [-0.25, -0.2) is 4.39 Å². The lowest BCUT2D eigenvalue weighted by atomic mass is 9.88. The van der Waals surface area contributed by atoms with Gasteiger partial charge in [0.15, 0.2) is 0 Å². The molecule has 1 heterocycles. The Balaban J connectivity index is 1.90. The predicted octanol–water partition coefficient (Wildman–Crippen LogP) is 2.06. The van der Waals surface area contributed by atoms with Crippen LogP contribution < -0.4 is 10.6 Å². The van der Waals surface area contributed by atoms with Gasteiger partial charge in [-0.1, -0.05) is 22.9 Å². The maximum Gasteiger partial charge on any atom is 0.223 e. The molecule has 0 spiro atoms. The Morgan fingerprint density at radius 1 is 1.61 bits per heavy atom. The second kappa shape index (κ2) is 5.80. The minimum absolute atomic E-state index is 0.0131. The minimum Gasteiger partial charge on any atom is -0.352 e. The molecule has 2 rings (SSSR count). The van der Waals surface area contributed by atoms with Crippen molar-refractivity contribution in [2.75, 3.05) is 13.1 Å². The molecule has 0 aromatic heterocycles. The summed E-state index contributed by atoms with van der Waals surface area (Å²) in [6.07, 6.45) is 0. The molecule has 0 aliphatic carbocycles. The normalized spacial score (nSPS) is 17.1. The minimum atomic E-state index is -0.295. The third-order valence-electron chi connectivity index (χ3n) is 3.39. The lowest BCUT2D eigenvalue weighted by molar-refractivity contribution is -0.126. The van der Waals surface area contributed by atoms with E-state index in [2.05, 4.69) is 26.6 Å². The Morgan fingerprint density at radius 2 is 2.33 bits per heavy atom. The van der Waals surface area contributed by atoms with Crippen molar-refractivity contribution in [3.8, 4) is 0 Å². The molecule has 0 bridgehead atoms. The summed E-state index contributed by atoms with van der Waals surface area (Å²) in [5.41, 5.74) is 0.497. The van der Waals surface area contributed by atoms with Gasteiger partial charge < -0.3 is 10.6 Å². The third-order valence-corrected chi connectivity index (χ3v) is 3.89. The average molecular weight is 315 g/mol. The lowest BCUT2D eigenvalue weighted by Gasteiger charge is -2.31. The summed E-state index contributed by atoms with van der Waals surface area (Å²) in [7, 11) is 0. The second-order valence-electron chi connectivity index (χ2n) is 4.66. The first-order valence-electron chi connectivity index (χ1n) is 6.00. The number of benzene rings is 1. The van der Waals surface area contributed by atoms with Gasteiger partial charge >= 0.3 is 0 Å². The van der Waals surface area contributed by atoms with E-state index in [1.54, 1.807) is 12.1 Å². The van der Waals surface area contributed by atoms with Crippen LogP contribution in [-0.4, -0.2) is 19.0 Å². The molecule has 1 fully saturated rings. The van der Waals surface area contributed by atoms with Crippen molar-refractivity contribution >= 4 is 21.8 Å². The van der Waals surface area contributed by atoms with Gasteiger partial charge in [0, 0.05) is 22.5 Å². The summed E-state index contributed by atoms with van der Waals surface area (Å²) in [6, 6.07) is 4.72. The van der Waals surface area contributed by atoms with Gasteiger partial charge in [-0.05, 0) is 37.2 Å². The van der Waals surface area contributed by atoms with Gasteiger partial charge in [0.25, 0.3) is 0 Å². The Bertz CT molecular complexity index is 449. The highest BCUT2D eigenvalue weighted by molar-refractivity contribution is 9.10. The van der Waals surface area contributed by atoms with Crippen LogP contribution in [0.25, 0.3) is 0 Å². The molecule has 1 aromatic carbocycles. The molecule has 1 aliphatic heterocycles. The monoisotopic (exact) mass is 314 g/mol. The first-order chi connectivity index (χ1) is 8.58. The van der Waals surface area contributed by atoms with E-state index in [1.807, 2.05) is 6.92 Å². The highest BCUT2D eigenvalue weighted by Crippen LogP contribution is 2.17. The van der Waals surface area contributed by atoms with Crippen LogP contribution in [0.4, 0.5) is 4.39 Å². The van der Waals surface area contributed by atoms with Gasteiger partial charge in [0.05, 0.1) is 0 Å². The summed E-state index contributed by atoms with van der Waals surface area (Å²) < 4.78 is 14.3. The van der Waals surface area contributed by atoms with E-state index in [1.165, 1.54) is 6.07 Å². The van der Waals surface area contributed by atoms with Crippen LogP contribution >= 0.6 is 15.9 Å². The van der Waals surface area contributed by atoms with E-state index >= 15 is 0 Å². The van der Waals surface area contributed by atoms with E-state index in [4.69, 9.17) is 0 Å². The van der Waals surface area contributed by atoms with E-state index in [-0.39, 0.29) is 24.2 Å². The second-order valence-corrected chi connectivity index (χ2v) is 5.58. The molecule has 5 heteroatoms. The zero-order valence-corrected chi connectivity index (χ0v) is 11.8. The molecule has 18 heavy (non-hydrogen) atoms. The number of hydrogen-bond donors (Lipinski definition) is 2. The van der Waals surface area contributed by atoms with Gasteiger partial charge in [-0.2, -0.15) is 0 Å². The number of carbonyl (C=O) groups is 1. The van der Waals surface area contributed by atoms with Crippen LogP contribution in [0.15, 0.2) is 22.7 Å². The first-order valence-corrected chi connectivity index (χ1v) is 6.79. The summed E-state index contributed by atoms with van der Waals surface area (Å²) in [5, 5.41) is 5.93. The number of hydrogen-bond acceptors (Lipinski definition) is 2. The fourth-order valence-corrected chi connectivity index (χ4v) is 2.31. The molecular formula is C13H16BrFN2O. The van der Waals surface area contributed by atoms with Crippen LogP contribution in [0.5, 0.6) is 0 Å². The number of nitrogens with one attached hydrogen (secondary N) is 2. The SMILES string of the molecule is CC(C(=O)NCc1cc(Br)ccc1F)C1CNC1. The summed E-state index contributed by atoms with van der Waals surface area (Å²) in [4.78, 5) is 11.9. The van der Waals surface area contributed by atoms with Gasteiger partial charge in [0.2, 0.25) is 5.91 Å². The zero-order valence-electron chi connectivity index (χ0n) is 10.2. The van der Waals surface area contributed by atoms with Crippen molar-refractivity contribution in [3.05, 3.63) is 34.1 Å². The quantitative estimate of drug-likeness (QED) is 0.893. The van der Waals surface area contributed by atoms with Gasteiger partial charge in [-0.15, -0.1) is 0 Å². The lowest BCUT2D eigenvalue weighted by Crippen LogP contribution is -2.49. The van der Waals surface area contributed by atoms with Crippen LogP contribution in [0, 0.1) is 17.7 Å². The van der Waals surface area contributed by atoms with Crippen LogP contribution in [-0.2, 0) is 11.3 Å². The zero-order chi connectivity index (χ0) is 13.1. The largest absolute Gasteiger partial charge is 0.352 e. The smallest absolute Gasteiger partial charge is 0.223 e. The van der Waals surface area contributed by atoms with Crippen LogP contribution in [0.3, 0.4) is 0 Å². The molecule has 1 atom stereocenters. The van der Waals surface area contributed by atoms with Crippen molar-refractivity contribution in [2.45, 2.75) is 13.5 Å². The molecule has 98 valence electrons. The molecule has 1 unspecified atom stereocenters. The van der Waals surface area contributed by atoms with Crippen molar-refractivity contribution in [1.29, 1.82) is 0 Å². The highest BCUT2D eigenvalue weighted by Gasteiger charge is 2.28. The van der Waals surface area contributed by atoms with Gasteiger partial charge in [-0.3, -0.25) is 4.79 Å². The summed E-state index contributed by atoms with van der Waals surface area (Å²) in [5.74, 6) is 0.0659. The number of carbonyl (C=O) groups excluding carboxylic acids is 1. The topological polar surface area (TPSA) is 41.1 Å². The van der Waals surface area contributed by atoms with Crippen molar-refractivity contribution in [1.82, 2.24) is 10.6 Å². The molecular weight excluding hydrogens is 299 g/mol. The van der Waals surface area contributed by atoms with Crippen molar-refractivity contribution in [2.24, 2.45) is 11.8 Å². The Hall–Kier alpha value is -0.940. The van der Waals surface area contributed by atoms with Crippen molar-refractivity contribution in [3.63, 3.8) is 0 Å². The van der Waals surface area contributed by atoms with Gasteiger partial charge in [0.1, 0.15) is 5.82 Å². The van der Waals surface area contributed by atoms with E-state index < -0.39 is 0 Å². The van der Waals surface area contributed by atoms with E-state index in [0.717, 1.165) is 17.6 Å². The van der Waals surface area contributed by atoms with E-state index in [0.29, 0.717) is 11.5 Å². The Kier molecular flexibility index (Phi) is 4.35. The summed E-state index contributed by atoms with van der Waals surface area (Å²) in [6.45, 7) is 3.92. The molecule has 1 amide bonds. The molecule has 1 aliphatic rings. The molecule has 1 aromatic rings. The number of amides is 1. The van der Waals surface area contributed by atoms with Crippen molar-refractivity contribution < 1.29 is 9.18 Å². The molecule has 0 saturated carbocycles. The molecule has 0 radical (unpaired) electrons. The third kappa shape index (κ3) is 3.09. The maximum atomic E-state index is 13.5. The fraction of sp³-hybridized carbons (Fsp3) is 0.462. The Morgan fingerprint density at radius 3 is 2.94 bits per heavy atom. The fourth-order valence-electron chi connectivity index (χ4n) is 1.90. The molecule has 3 nitrogen and oxygen atoms in total. The maximum absolute atomic E-state index is 13.5. The number of halogens is 2. The highest BCUT2D eigenvalue weighted by atomic mass is 79.9. The summed E-state index contributed by atoms with van der Waals surface area (Å²) >= 11 is 3.29. The first kappa shape index (κ1) is 13.5. The standard InChI is InChI=1S/C13H16BrFN2O/c1-8(10-5-16-6-10)13(18)17-7-9-4-11(14)2-3-12(9)15/h2-4,8,10,16H,5-7H2,1H3,(H,17,18). The Labute approximate surface area is 114 Å². The molecule has 2 N–H and O–H groups in total.